The molecular formula is C29H30N6O4. The summed E-state index contributed by atoms with van der Waals surface area (Å²) < 4.78 is 12.4. The predicted molar refractivity (Wildman–Crippen MR) is 149 cm³/mol. The van der Waals surface area contributed by atoms with Crippen molar-refractivity contribution in [3.05, 3.63) is 75.5 Å². The van der Waals surface area contributed by atoms with E-state index in [4.69, 9.17) is 9.47 Å². The number of hydrogen-bond acceptors (Lipinski definition) is 7. The summed E-state index contributed by atoms with van der Waals surface area (Å²) in [5, 5.41) is 24.7. The van der Waals surface area contributed by atoms with Crippen LogP contribution in [0.5, 0.6) is 5.75 Å². The third-order valence-corrected chi connectivity index (χ3v) is 6.08. The van der Waals surface area contributed by atoms with E-state index in [-0.39, 0.29) is 12.1 Å². The molecule has 4 rings (SSSR count). The maximum absolute atomic E-state index is 12.5. The Kier molecular flexibility index (Phi) is 7.54. The Hall–Kier alpha value is -4.91. The number of aromatic nitrogens is 4. The fourth-order valence-electron chi connectivity index (χ4n) is 4.14. The van der Waals surface area contributed by atoms with Gasteiger partial charge in [-0.15, -0.1) is 0 Å². The summed E-state index contributed by atoms with van der Waals surface area (Å²) in [5.41, 5.74) is 3.86. The van der Waals surface area contributed by atoms with Gasteiger partial charge in [-0.25, -0.2) is 9.89 Å². The number of benzene rings is 2. The van der Waals surface area contributed by atoms with E-state index < -0.39 is 11.7 Å². The SMILES string of the molecule is COc1cc(/C(C#N)=C/c2c(-c3ccc4c(=O)[nH]nc(CNC(=O)OC(C)(C)C)c4c3)cnn2C)ccc1C. The van der Waals surface area contributed by atoms with Gasteiger partial charge in [0, 0.05) is 18.0 Å². The molecule has 2 heterocycles. The monoisotopic (exact) mass is 526 g/mol. The second-order valence-corrected chi connectivity index (χ2v) is 10.0. The molecule has 1 amide bonds. The number of fused-ring (bicyclic) bond motifs is 1. The van der Waals surface area contributed by atoms with Gasteiger partial charge < -0.3 is 14.8 Å². The van der Waals surface area contributed by atoms with Crippen LogP contribution >= 0.6 is 0 Å². The van der Waals surface area contributed by atoms with E-state index in [1.807, 2.05) is 37.3 Å². The van der Waals surface area contributed by atoms with E-state index in [1.54, 1.807) is 57.9 Å². The summed E-state index contributed by atoms with van der Waals surface area (Å²) >= 11 is 0. The van der Waals surface area contributed by atoms with Crippen LogP contribution in [0.4, 0.5) is 4.79 Å². The first-order chi connectivity index (χ1) is 18.5. The molecule has 39 heavy (non-hydrogen) atoms. The number of carbonyl (C=O) groups excluding carboxylic acids is 1. The number of aryl methyl sites for hydroxylation is 2. The number of allylic oxidation sites excluding steroid dienone is 1. The van der Waals surface area contributed by atoms with Crippen molar-refractivity contribution in [3.8, 4) is 22.9 Å². The number of nitrogens with one attached hydrogen (secondary N) is 2. The molecule has 10 nitrogen and oxygen atoms in total. The van der Waals surface area contributed by atoms with Crippen LogP contribution in [0.25, 0.3) is 33.5 Å². The molecule has 0 bridgehead atoms. The smallest absolute Gasteiger partial charge is 0.407 e. The first-order valence-electron chi connectivity index (χ1n) is 12.3. The fourth-order valence-corrected chi connectivity index (χ4v) is 4.14. The number of methoxy groups -OCH3 is 1. The van der Waals surface area contributed by atoms with Crippen LogP contribution in [0.1, 0.15) is 43.3 Å². The second-order valence-electron chi connectivity index (χ2n) is 10.0. The zero-order valence-electron chi connectivity index (χ0n) is 22.7. The summed E-state index contributed by atoms with van der Waals surface area (Å²) in [4.78, 5) is 24.7. The molecule has 4 aromatic rings. The molecule has 200 valence electrons. The van der Waals surface area contributed by atoms with Gasteiger partial charge in [-0.1, -0.05) is 18.2 Å². The molecule has 0 radical (unpaired) electrons. The van der Waals surface area contributed by atoms with Crippen molar-refractivity contribution in [3.63, 3.8) is 0 Å². The minimum absolute atomic E-state index is 0.0548. The minimum Gasteiger partial charge on any atom is -0.496 e. The number of amides is 1. The normalized spacial score (nSPS) is 11.8. The molecule has 0 spiro atoms. The average molecular weight is 527 g/mol. The zero-order chi connectivity index (χ0) is 28.3. The number of hydrogen-bond donors (Lipinski definition) is 2. The fraction of sp³-hybridized carbons (Fsp3) is 0.276. The first-order valence-corrected chi connectivity index (χ1v) is 12.3. The van der Waals surface area contributed by atoms with Crippen LogP contribution in [0.15, 0.2) is 47.4 Å². The molecule has 0 saturated carbocycles. The first kappa shape index (κ1) is 27.1. The molecule has 0 fully saturated rings. The van der Waals surface area contributed by atoms with Gasteiger partial charge in [-0.3, -0.25) is 9.48 Å². The number of aromatic amines is 1. The summed E-state index contributed by atoms with van der Waals surface area (Å²) in [6.07, 6.45) is 2.89. The maximum atomic E-state index is 12.5. The highest BCUT2D eigenvalue weighted by molar-refractivity contribution is 5.94. The van der Waals surface area contributed by atoms with Gasteiger partial charge in [-0.2, -0.15) is 15.5 Å². The Bertz CT molecular complexity index is 1680. The Balaban J connectivity index is 1.76. The van der Waals surface area contributed by atoms with Crippen molar-refractivity contribution < 1.29 is 14.3 Å². The lowest BCUT2D eigenvalue weighted by molar-refractivity contribution is 0.0523. The van der Waals surface area contributed by atoms with Gasteiger partial charge in [0.05, 0.1) is 48.3 Å². The van der Waals surface area contributed by atoms with E-state index in [0.717, 1.165) is 22.3 Å². The van der Waals surface area contributed by atoms with E-state index in [1.165, 1.54) is 0 Å². The zero-order valence-corrected chi connectivity index (χ0v) is 22.7. The number of rotatable bonds is 6. The van der Waals surface area contributed by atoms with Crippen molar-refractivity contribution in [2.45, 2.75) is 39.8 Å². The van der Waals surface area contributed by atoms with Gasteiger partial charge >= 0.3 is 6.09 Å². The number of carbonyl (C=O) groups is 1. The topological polar surface area (TPSA) is 135 Å². The van der Waals surface area contributed by atoms with Gasteiger partial charge in [0.25, 0.3) is 5.56 Å². The highest BCUT2D eigenvalue weighted by atomic mass is 16.6. The molecule has 0 unspecified atom stereocenters. The van der Waals surface area contributed by atoms with Crippen molar-refractivity contribution in [1.82, 2.24) is 25.3 Å². The molecule has 0 saturated heterocycles. The Labute approximate surface area is 225 Å². The van der Waals surface area contributed by atoms with Crippen LogP contribution in [0, 0.1) is 18.3 Å². The van der Waals surface area contributed by atoms with Gasteiger partial charge in [0.2, 0.25) is 0 Å². The minimum atomic E-state index is -0.645. The van der Waals surface area contributed by atoms with Crippen molar-refractivity contribution in [2.75, 3.05) is 7.11 Å². The maximum Gasteiger partial charge on any atom is 0.407 e. The van der Waals surface area contributed by atoms with Crippen LogP contribution in [0.3, 0.4) is 0 Å². The second kappa shape index (κ2) is 10.8. The van der Waals surface area contributed by atoms with Crippen molar-refractivity contribution in [2.24, 2.45) is 7.05 Å². The third-order valence-electron chi connectivity index (χ3n) is 6.08. The van der Waals surface area contributed by atoms with Gasteiger partial charge in [0.1, 0.15) is 11.4 Å². The quantitative estimate of drug-likeness (QED) is 0.347. The molecule has 2 aromatic carbocycles. The molecule has 0 atom stereocenters. The lowest BCUT2D eigenvalue weighted by Crippen LogP contribution is -2.32. The summed E-state index contributed by atoms with van der Waals surface area (Å²) in [5.74, 6) is 0.693. The Morgan fingerprint density at radius 2 is 1.97 bits per heavy atom. The Morgan fingerprint density at radius 3 is 2.67 bits per heavy atom. The van der Waals surface area contributed by atoms with Gasteiger partial charge in [0.15, 0.2) is 0 Å². The van der Waals surface area contributed by atoms with E-state index in [9.17, 15) is 14.9 Å². The molecule has 10 heteroatoms. The van der Waals surface area contributed by atoms with Crippen LogP contribution in [0.2, 0.25) is 0 Å². The highest BCUT2D eigenvalue weighted by Crippen LogP contribution is 2.31. The summed E-state index contributed by atoms with van der Waals surface area (Å²) in [6.45, 7) is 7.33. The van der Waals surface area contributed by atoms with Crippen LogP contribution in [-0.2, 0) is 18.3 Å². The van der Waals surface area contributed by atoms with Gasteiger partial charge in [-0.05, 0) is 68.7 Å². The number of nitriles is 1. The number of nitrogens with zero attached hydrogens (tertiary/aromatic N) is 4. The number of ether oxygens (including phenoxy) is 2. The molecule has 0 aliphatic rings. The molecular weight excluding hydrogens is 496 g/mol. The van der Waals surface area contributed by atoms with Crippen molar-refractivity contribution in [1.29, 1.82) is 5.26 Å². The molecule has 2 N–H and O–H groups in total. The average Bonchev–Trinajstić information content (AvgIpc) is 3.25. The lowest BCUT2D eigenvalue weighted by atomic mass is 9.99. The Morgan fingerprint density at radius 1 is 1.21 bits per heavy atom. The summed E-state index contributed by atoms with van der Waals surface area (Å²) in [6, 6.07) is 13.3. The highest BCUT2D eigenvalue weighted by Gasteiger charge is 2.18. The molecule has 0 aliphatic heterocycles. The van der Waals surface area contributed by atoms with E-state index in [0.29, 0.717) is 33.5 Å². The predicted octanol–water partition coefficient (Wildman–Crippen LogP) is 4.73. The number of H-pyrrole nitrogens is 1. The largest absolute Gasteiger partial charge is 0.496 e. The third kappa shape index (κ3) is 5.99. The summed E-state index contributed by atoms with van der Waals surface area (Å²) in [7, 11) is 3.39. The van der Waals surface area contributed by atoms with Crippen LogP contribution in [-0.4, -0.2) is 38.8 Å². The van der Waals surface area contributed by atoms with E-state index in [2.05, 4.69) is 26.7 Å². The lowest BCUT2D eigenvalue weighted by Gasteiger charge is -2.19. The van der Waals surface area contributed by atoms with Crippen LogP contribution < -0.4 is 15.6 Å². The number of alkyl carbamates (subject to hydrolysis) is 1. The molecule has 0 aliphatic carbocycles. The standard InChI is InChI=1S/C29H30N6O4/c1-17-7-8-18(13-26(17)38-6)20(14-30)12-25-23(15-32-35(25)5)19-9-10-21-22(11-19)24(33-34-27(21)36)16-31-28(37)39-29(2,3)4/h7-13,15H,16H2,1-6H3,(H,31,37)(H,34,36)/b20-12+. The van der Waals surface area contributed by atoms with E-state index >= 15 is 0 Å². The van der Waals surface area contributed by atoms with Crippen molar-refractivity contribution >= 4 is 28.5 Å². The molecule has 2 aromatic heterocycles.